The predicted octanol–water partition coefficient (Wildman–Crippen LogP) is 3.53. The molecule has 0 bridgehead atoms. The summed E-state index contributed by atoms with van der Waals surface area (Å²) < 4.78 is 5.90. The second-order valence-corrected chi connectivity index (χ2v) is 7.53. The molecule has 27 heavy (non-hydrogen) atoms. The lowest BCUT2D eigenvalue weighted by atomic mass is 9.87. The first-order chi connectivity index (χ1) is 13.3. The highest BCUT2D eigenvalue weighted by Crippen LogP contribution is 2.36. The molecule has 0 aliphatic carbocycles. The predicted molar refractivity (Wildman–Crippen MR) is 105 cm³/mol. The van der Waals surface area contributed by atoms with Gasteiger partial charge in [-0.05, 0) is 63.0 Å². The number of rotatable bonds is 7. The van der Waals surface area contributed by atoms with Crippen LogP contribution in [0.1, 0.15) is 55.6 Å². The highest BCUT2D eigenvalue weighted by molar-refractivity contribution is 5.94. The van der Waals surface area contributed by atoms with Crippen LogP contribution in [0.3, 0.4) is 0 Å². The number of piperidine rings is 1. The maximum Gasteiger partial charge on any atom is 0.226 e. The van der Waals surface area contributed by atoms with Crippen molar-refractivity contribution >= 4 is 11.7 Å². The van der Waals surface area contributed by atoms with Gasteiger partial charge in [-0.15, -0.1) is 0 Å². The Balaban J connectivity index is 1.25. The molecule has 2 aromatic rings. The van der Waals surface area contributed by atoms with Crippen molar-refractivity contribution in [2.45, 2.75) is 44.4 Å². The SMILES string of the molecule is O=C1CC(c2ccc(OCCCCN3CCCCC3)cc2)c2cn[nH]c2N1. The fourth-order valence-corrected chi connectivity index (χ4v) is 4.05. The van der Waals surface area contributed by atoms with Gasteiger partial charge in [-0.25, -0.2) is 0 Å². The van der Waals surface area contributed by atoms with Crippen molar-refractivity contribution in [3.05, 3.63) is 41.6 Å². The van der Waals surface area contributed by atoms with Gasteiger partial charge in [0.15, 0.2) is 0 Å². The number of carbonyl (C=O) groups is 1. The van der Waals surface area contributed by atoms with E-state index in [0.717, 1.165) is 29.9 Å². The Morgan fingerprint density at radius 1 is 1.11 bits per heavy atom. The van der Waals surface area contributed by atoms with Gasteiger partial charge in [0.25, 0.3) is 0 Å². The number of amides is 1. The van der Waals surface area contributed by atoms with E-state index in [2.05, 4.69) is 32.5 Å². The second-order valence-electron chi connectivity index (χ2n) is 7.53. The van der Waals surface area contributed by atoms with Crippen LogP contribution in [0.15, 0.2) is 30.5 Å². The molecular formula is C21H28N4O2. The number of likely N-dealkylation sites (tertiary alicyclic amines) is 1. The molecule has 3 heterocycles. The van der Waals surface area contributed by atoms with Crippen LogP contribution in [0.4, 0.5) is 5.82 Å². The van der Waals surface area contributed by atoms with Crippen LogP contribution < -0.4 is 10.1 Å². The normalized spacial score (nSPS) is 20.1. The average molecular weight is 368 g/mol. The molecule has 1 amide bonds. The van der Waals surface area contributed by atoms with E-state index in [-0.39, 0.29) is 11.8 Å². The Labute approximate surface area is 160 Å². The Kier molecular flexibility index (Phi) is 5.72. The van der Waals surface area contributed by atoms with Gasteiger partial charge < -0.3 is 15.0 Å². The largest absolute Gasteiger partial charge is 0.494 e. The van der Waals surface area contributed by atoms with Crippen molar-refractivity contribution in [2.75, 3.05) is 31.6 Å². The first-order valence-corrected chi connectivity index (χ1v) is 10.1. The number of hydrogen-bond donors (Lipinski definition) is 2. The summed E-state index contributed by atoms with van der Waals surface area (Å²) in [6, 6.07) is 8.13. The Morgan fingerprint density at radius 2 is 1.93 bits per heavy atom. The molecule has 4 rings (SSSR count). The van der Waals surface area contributed by atoms with Gasteiger partial charge in [-0.1, -0.05) is 18.6 Å². The van der Waals surface area contributed by atoms with Crippen molar-refractivity contribution in [1.29, 1.82) is 0 Å². The number of hydrogen-bond acceptors (Lipinski definition) is 4. The number of unbranched alkanes of at least 4 members (excludes halogenated alkanes) is 1. The third-order valence-electron chi connectivity index (χ3n) is 5.57. The van der Waals surface area contributed by atoms with E-state index in [0.29, 0.717) is 12.2 Å². The minimum atomic E-state index is 0.0192. The van der Waals surface area contributed by atoms with E-state index in [1.807, 2.05) is 12.1 Å². The first-order valence-electron chi connectivity index (χ1n) is 10.1. The summed E-state index contributed by atoms with van der Waals surface area (Å²) in [5.74, 6) is 1.67. The van der Waals surface area contributed by atoms with E-state index >= 15 is 0 Å². The maximum absolute atomic E-state index is 11.9. The van der Waals surface area contributed by atoms with Gasteiger partial charge in [0, 0.05) is 17.9 Å². The average Bonchev–Trinajstić information content (AvgIpc) is 3.17. The summed E-state index contributed by atoms with van der Waals surface area (Å²) in [6.07, 6.45) is 8.62. The molecule has 6 heteroatoms. The number of benzene rings is 1. The first kappa shape index (κ1) is 18.0. The summed E-state index contributed by atoms with van der Waals surface area (Å²) in [5, 5.41) is 9.74. The highest BCUT2D eigenvalue weighted by Gasteiger charge is 2.27. The molecule has 1 aromatic carbocycles. The van der Waals surface area contributed by atoms with Crippen molar-refractivity contribution in [2.24, 2.45) is 0 Å². The molecule has 6 nitrogen and oxygen atoms in total. The van der Waals surface area contributed by atoms with Gasteiger partial charge in [0.1, 0.15) is 11.6 Å². The van der Waals surface area contributed by atoms with Crippen molar-refractivity contribution in [3.8, 4) is 5.75 Å². The fraction of sp³-hybridized carbons (Fsp3) is 0.524. The van der Waals surface area contributed by atoms with Crippen LogP contribution >= 0.6 is 0 Å². The number of nitrogens with zero attached hydrogens (tertiary/aromatic N) is 2. The lowest BCUT2D eigenvalue weighted by Gasteiger charge is -2.26. The van der Waals surface area contributed by atoms with Crippen LogP contribution in [0.25, 0.3) is 0 Å². The van der Waals surface area contributed by atoms with Crippen molar-refractivity contribution in [1.82, 2.24) is 15.1 Å². The Hall–Kier alpha value is -2.34. The summed E-state index contributed by atoms with van der Waals surface area (Å²) in [5.41, 5.74) is 2.16. The van der Waals surface area contributed by atoms with Gasteiger partial charge in [0.2, 0.25) is 5.91 Å². The van der Waals surface area contributed by atoms with E-state index in [1.54, 1.807) is 6.20 Å². The molecule has 0 saturated carbocycles. The minimum absolute atomic E-state index is 0.0192. The zero-order valence-electron chi connectivity index (χ0n) is 15.7. The summed E-state index contributed by atoms with van der Waals surface area (Å²) in [4.78, 5) is 14.5. The third-order valence-corrected chi connectivity index (χ3v) is 5.57. The molecule has 1 saturated heterocycles. The zero-order chi connectivity index (χ0) is 18.5. The minimum Gasteiger partial charge on any atom is -0.494 e. The van der Waals surface area contributed by atoms with Gasteiger partial charge in [-0.2, -0.15) is 5.10 Å². The lowest BCUT2D eigenvalue weighted by Crippen LogP contribution is -2.30. The maximum atomic E-state index is 11.9. The molecule has 2 aliphatic rings. The number of aromatic amines is 1. The van der Waals surface area contributed by atoms with E-state index in [4.69, 9.17) is 4.74 Å². The second kappa shape index (κ2) is 8.57. The van der Waals surface area contributed by atoms with Gasteiger partial charge >= 0.3 is 0 Å². The van der Waals surface area contributed by atoms with E-state index in [9.17, 15) is 4.79 Å². The van der Waals surface area contributed by atoms with Gasteiger partial charge in [0.05, 0.1) is 12.8 Å². The molecular weight excluding hydrogens is 340 g/mol. The van der Waals surface area contributed by atoms with Crippen LogP contribution in [0.2, 0.25) is 0 Å². The molecule has 1 aromatic heterocycles. The molecule has 144 valence electrons. The van der Waals surface area contributed by atoms with Crippen LogP contribution in [-0.2, 0) is 4.79 Å². The van der Waals surface area contributed by atoms with Crippen molar-refractivity contribution < 1.29 is 9.53 Å². The number of anilines is 1. The topological polar surface area (TPSA) is 70.2 Å². The summed E-state index contributed by atoms with van der Waals surface area (Å²) in [7, 11) is 0. The molecule has 1 fully saturated rings. The van der Waals surface area contributed by atoms with Gasteiger partial charge in [-0.3, -0.25) is 9.89 Å². The highest BCUT2D eigenvalue weighted by atomic mass is 16.5. The number of ether oxygens (including phenoxy) is 1. The number of H-pyrrole nitrogens is 1. The number of nitrogens with one attached hydrogen (secondary N) is 2. The number of aromatic nitrogens is 2. The number of fused-ring (bicyclic) bond motifs is 1. The molecule has 0 radical (unpaired) electrons. The Bertz CT molecular complexity index is 750. The Morgan fingerprint density at radius 3 is 2.74 bits per heavy atom. The van der Waals surface area contributed by atoms with Crippen LogP contribution in [-0.4, -0.2) is 47.2 Å². The fourth-order valence-electron chi connectivity index (χ4n) is 4.05. The molecule has 2 aliphatic heterocycles. The molecule has 1 unspecified atom stereocenters. The number of carbonyl (C=O) groups excluding carboxylic acids is 1. The lowest BCUT2D eigenvalue weighted by molar-refractivity contribution is -0.116. The van der Waals surface area contributed by atoms with Crippen LogP contribution in [0, 0.1) is 0 Å². The molecule has 0 spiro atoms. The van der Waals surface area contributed by atoms with E-state index in [1.165, 1.54) is 45.3 Å². The smallest absolute Gasteiger partial charge is 0.226 e. The zero-order valence-corrected chi connectivity index (χ0v) is 15.7. The summed E-state index contributed by atoms with van der Waals surface area (Å²) >= 11 is 0. The molecule has 1 atom stereocenters. The quantitative estimate of drug-likeness (QED) is 0.734. The van der Waals surface area contributed by atoms with Crippen LogP contribution in [0.5, 0.6) is 5.75 Å². The standard InChI is InChI=1S/C21H28N4O2/c26-20-14-18(19-15-22-24-21(19)23-20)16-6-8-17(9-7-16)27-13-5-4-12-25-10-2-1-3-11-25/h6-9,15,18H,1-5,10-14H2,(H2,22,23,24,26). The molecule has 2 N–H and O–H groups in total. The van der Waals surface area contributed by atoms with Crippen molar-refractivity contribution in [3.63, 3.8) is 0 Å². The summed E-state index contributed by atoms with van der Waals surface area (Å²) in [6.45, 7) is 4.48. The monoisotopic (exact) mass is 368 g/mol. The third kappa shape index (κ3) is 4.50. The van der Waals surface area contributed by atoms with E-state index < -0.39 is 0 Å².